The molecule has 1 nitrogen and oxygen atoms in total. The molecule has 1 heterocycles. The summed E-state index contributed by atoms with van der Waals surface area (Å²) >= 11 is 0. The molecule has 0 aliphatic heterocycles. The Morgan fingerprint density at radius 1 is 1.20 bits per heavy atom. The van der Waals surface area contributed by atoms with Crippen molar-refractivity contribution < 1.29 is 0 Å². The number of nitrogens with one attached hydrogen (secondary N) is 1. The molecule has 0 spiro atoms. The summed E-state index contributed by atoms with van der Waals surface area (Å²) in [6.07, 6.45) is 0. The van der Waals surface area contributed by atoms with Gasteiger partial charge in [0.25, 0.3) is 0 Å². The summed E-state index contributed by atoms with van der Waals surface area (Å²) in [7, 11) is 2.50. The lowest BCUT2D eigenvalue weighted by atomic mass is 11.2. The summed E-state index contributed by atoms with van der Waals surface area (Å²) < 4.78 is 3.06. The maximum absolute atomic E-state index is 3.06. The maximum Gasteiger partial charge on any atom is 0.0145 e. The highest BCUT2D eigenvalue weighted by molar-refractivity contribution is 7.39. The van der Waals surface area contributed by atoms with Gasteiger partial charge in [-0.1, -0.05) is 0 Å². The summed E-state index contributed by atoms with van der Waals surface area (Å²) in [6, 6.07) is 0. The first kappa shape index (κ1) is 3.33. The van der Waals surface area contributed by atoms with E-state index in [0.717, 1.165) is 0 Å². The first-order chi connectivity index (χ1) is 2.50. The van der Waals surface area contributed by atoms with E-state index in [9.17, 15) is 0 Å². The van der Waals surface area contributed by atoms with E-state index in [0.29, 0.717) is 0 Å². The quantitative estimate of drug-likeness (QED) is 0.517. The molecule has 0 aromatic carbocycles. The Hall–Kier alpha value is 0.140. The molecule has 0 saturated heterocycles. The fourth-order valence-electron chi connectivity index (χ4n) is 0.167. The van der Waals surface area contributed by atoms with Crippen molar-refractivity contribution in [1.29, 1.82) is 0 Å². The zero-order valence-electron chi connectivity index (χ0n) is 2.55. The van der Waals surface area contributed by atoms with Crippen LogP contribution in [0.5, 0.6) is 0 Å². The average Bonchev–Trinajstić information content (AvgIpc) is 1.76. The van der Waals surface area contributed by atoms with Gasteiger partial charge in [-0.05, 0) is 11.6 Å². The van der Waals surface area contributed by atoms with Crippen LogP contribution in [0.25, 0.3) is 0 Å². The van der Waals surface area contributed by atoms with Crippen molar-refractivity contribution >= 4 is 16.7 Å². The molecular weight excluding hydrogens is 100.0 g/mol. The molecule has 0 bridgehead atoms. The number of hydrogen-bond acceptors (Lipinski definition) is 0. The molecule has 26 valence electrons. The van der Waals surface area contributed by atoms with Gasteiger partial charge in [0.1, 0.15) is 0 Å². The van der Waals surface area contributed by atoms with E-state index in [1.807, 2.05) is 0 Å². The summed E-state index contributed by atoms with van der Waals surface area (Å²) in [6.45, 7) is 0. The lowest BCUT2D eigenvalue weighted by molar-refractivity contribution is 1.92. The van der Waals surface area contributed by atoms with Crippen molar-refractivity contribution in [3.63, 3.8) is 0 Å². The smallest absolute Gasteiger partial charge is 0.0145 e. The van der Waals surface area contributed by atoms with E-state index in [1.54, 1.807) is 0 Å². The molecule has 0 atom stereocenters. The van der Waals surface area contributed by atoms with E-state index in [1.165, 1.54) is 16.7 Å². The monoisotopic (exact) mass is 103 g/mol. The van der Waals surface area contributed by atoms with Crippen molar-refractivity contribution in [3.05, 3.63) is 11.6 Å². The van der Waals surface area contributed by atoms with Gasteiger partial charge in [-0.2, -0.15) is 0 Å². The third-order valence-corrected chi connectivity index (χ3v) is 2.09. The van der Waals surface area contributed by atoms with E-state index in [-0.39, 0.29) is 0 Å². The van der Waals surface area contributed by atoms with Gasteiger partial charge in [-0.15, -0.1) is 0 Å². The van der Waals surface area contributed by atoms with Crippen LogP contribution in [0, 0.1) is 0 Å². The normalized spacial score (nSPS) is 11.2. The molecule has 5 heavy (non-hydrogen) atoms. The Morgan fingerprint density at radius 3 is 2.00 bits per heavy atom. The molecule has 0 amide bonds. The van der Waals surface area contributed by atoms with Crippen LogP contribution >= 0.6 is 16.7 Å². The molecule has 3 heteroatoms. The van der Waals surface area contributed by atoms with Crippen LogP contribution in [-0.4, -0.2) is 4.51 Å². The summed E-state index contributed by atoms with van der Waals surface area (Å²) in [5, 5.41) is 0. The van der Waals surface area contributed by atoms with E-state index >= 15 is 0 Å². The molecule has 0 aliphatic carbocycles. The van der Waals surface area contributed by atoms with Gasteiger partial charge < -0.3 is 4.51 Å². The molecule has 1 rings (SSSR count). The van der Waals surface area contributed by atoms with Gasteiger partial charge in [-0.25, -0.2) is 0 Å². The zero-order chi connectivity index (χ0) is 3.54. The van der Waals surface area contributed by atoms with E-state index in [2.05, 4.69) is 16.1 Å². The van der Waals surface area contributed by atoms with Crippen LogP contribution in [0.1, 0.15) is 0 Å². The SMILES string of the molecule is c1cp[nH]p1. The van der Waals surface area contributed by atoms with Crippen LogP contribution in [0.2, 0.25) is 0 Å². The van der Waals surface area contributed by atoms with Crippen LogP contribution in [-0.2, 0) is 0 Å². The second-order valence-electron chi connectivity index (χ2n) is 0.656. The summed E-state index contributed by atoms with van der Waals surface area (Å²) in [4.78, 5) is 0. The van der Waals surface area contributed by atoms with Crippen LogP contribution < -0.4 is 0 Å². The highest BCUT2D eigenvalue weighted by Gasteiger charge is 1.58. The Bertz CT molecular complexity index is 64.1. The van der Waals surface area contributed by atoms with Crippen molar-refractivity contribution in [2.45, 2.75) is 0 Å². The maximum atomic E-state index is 3.06. The third kappa shape index (κ3) is 0.718. The molecule has 0 saturated carbocycles. The minimum atomic E-state index is 1.25. The number of hydrogen-bond donors (Lipinski definition) is 1. The molecule has 0 radical (unpaired) electrons. The van der Waals surface area contributed by atoms with Gasteiger partial charge in [0.05, 0.1) is 0 Å². The molecule has 1 aromatic heterocycles. The standard InChI is InChI=1S/C2H3NP2/c1-2-5-3-4-1/h1-3H. The molecule has 1 aromatic rings. The Balaban J connectivity index is 3.13. The largest absolute Gasteiger partial charge is 0.321 e. The number of rotatable bonds is 0. The van der Waals surface area contributed by atoms with Crippen molar-refractivity contribution in [2.75, 3.05) is 0 Å². The van der Waals surface area contributed by atoms with Crippen LogP contribution in [0.15, 0.2) is 11.6 Å². The highest BCUT2D eigenvalue weighted by atomic mass is 31.1. The summed E-state index contributed by atoms with van der Waals surface area (Å²) in [5.41, 5.74) is 0. The molecule has 0 aliphatic rings. The van der Waals surface area contributed by atoms with Crippen LogP contribution in [0.3, 0.4) is 0 Å². The second kappa shape index (κ2) is 1.55. The lowest BCUT2D eigenvalue weighted by Crippen LogP contribution is -1.12. The summed E-state index contributed by atoms with van der Waals surface area (Å²) in [5.74, 6) is 4.17. The van der Waals surface area contributed by atoms with Crippen molar-refractivity contribution in [3.8, 4) is 0 Å². The number of aromatic amines is 1. The van der Waals surface area contributed by atoms with Crippen LogP contribution in [0.4, 0.5) is 0 Å². The van der Waals surface area contributed by atoms with Gasteiger partial charge in [0, 0.05) is 16.7 Å². The van der Waals surface area contributed by atoms with Gasteiger partial charge in [0.2, 0.25) is 0 Å². The third-order valence-electron chi connectivity index (χ3n) is 0.331. The topological polar surface area (TPSA) is 15.8 Å². The minimum absolute atomic E-state index is 1.25. The molecule has 1 N–H and O–H groups in total. The van der Waals surface area contributed by atoms with E-state index < -0.39 is 0 Å². The second-order valence-corrected chi connectivity index (χ2v) is 2.57. The highest BCUT2D eigenvalue weighted by Crippen LogP contribution is 2.05. The predicted octanol–water partition coefficient (Wildman–Crippen LogP) is 2.17. The fraction of sp³-hybridized carbons (Fsp3) is 0. The number of H-pyrrole nitrogens is 1. The Labute approximate surface area is 33.8 Å². The lowest BCUT2D eigenvalue weighted by Gasteiger charge is -1.45. The molecule has 0 fully saturated rings. The Kier molecular flexibility index (Phi) is 1.03. The average molecular weight is 103 g/mol. The van der Waals surface area contributed by atoms with Gasteiger partial charge in [0.15, 0.2) is 0 Å². The van der Waals surface area contributed by atoms with Crippen molar-refractivity contribution in [2.24, 2.45) is 0 Å². The van der Waals surface area contributed by atoms with Gasteiger partial charge >= 0.3 is 0 Å². The first-order valence-electron chi connectivity index (χ1n) is 1.30. The van der Waals surface area contributed by atoms with Gasteiger partial charge in [-0.3, -0.25) is 0 Å². The first-order valence-corrected chi connectivity index (χ1v) is 3.22. The molecule has 0 unspecified atom stereocenters. The fourth-order valence-corrected chi connectivity index (χ4v) is 1.50. The zero-order valence-corrected chi connectivity index (χ0v) is 4.34. The van der Waals surface area contributed by atoms with E-state index in [4.69, 9.17) is 0 Å². The molecular formula is C2H3NP2. The predicted molar refractivity (Wildman–Crippen MR) is 25.8 cm³/mol. The van der Waals surface area contributed by atoms with Crippen molar-refractivity contribution in [1.82, 2.24) is 4.51 Å². The minimum Gasteiger partial charge on any atom is -0.321 e. The Morgan fingerprint density at radius 2 is 1.80 bits per heavy atom. The number of aromatic nitrogens is 1.